The van der Waals surface area contributed by atoms with Gasteiger partial charge in [0.1, 0.15) is 11.4 Å². The maximum atomic E-state index is 12.9. The van der Waals surface area contributed by atoms with Crippen LogP contribution in [0.2, 0.25) is 0 Å². The normalized spacial score (nSPS) is 25.3. The van der Waals surface area contributed by atoms with E-state index in [4.69, 9.17) is 10.5 Å². The van der Waals surface area contributed by atoms with Crippen LogP contribution < -0.4 is 22.3 Å². The van der Waals surface area contributed by atoms with Crippen LogP contribution >= 0.6 is 11.8 Å². The number of nitrogen functional groups attached to an aromatic ring is 1. The van der Waals surface area contributed by atoms with Gasteiger partial charge in [-0.1, -0.05) is 12.1 Å². The summed E-state index contributed by atoms with van der Waals surface area (Å²) < 4.78 is 6.96. The summed E-state index contributed by atoms with van der Waals surface area (Å²) in [5.74, 6) is 0.429. The Morgan fingerprint density at radius 1 is 1.03 bits per heavy atom. The number of carbonyl (C=O) groups is 3. The number of ketones is 1. The third-order valence-electron chi connectivity index (χ3n) is 8.23. The number of rotatable bonds is 8. The van der Waals surface area contributed by atoms with Gasteiger partial charge in [0.25, 0.3) is 5.56 Å². The molecule has 6 rings (SSSR count). The van der Waals surface area contributed by atoms with Crippen molar-refractivity contribution < 1.29 is 19.1 Å². The second kappa shape index (κ2) is 10.1. The quantitative estimate of drug-likeness (QED) is 0.294. The number of nitrogens with zero attached hydrogens (tertiary/aromatic N) is 2. The molecule has 4 aliphatic rings. The van der Waals surface area contributed by atoms with Crippen molar-refractivity contribution in [2.45, 2.75) is 49.0 Å². The van der Waals surface area contributed by atoms with E-state index in [2.05, 4.69) is 5.32 Å². The fourth-order valence-corrected chi connectivity index (χ4v) is 7.74. The molecule has 38 heavy (non-hydrogen) atoms. The zero-order valence-corrected chi connectivity index (χ0v) is 22.3. The molecular weight excluding hydrogens is 508 g/mol. The standard InChI is InChI=1S/C27H32N4O6S/c1-30-23(28)22(24(34)31(2)26(30)36)19(32)13-37-25(35)18-5-3-4-6-20(18)38-14-21(33)29-27-10-15-7-16(11-27)9-17(8-15)12-27/h3-6,15-17H,7-14,28H2,1-2H3,(H,29,33). The van der Waals surface area contributed by atoms with Gasteiger partial charge in [-0.3, -0.25) is 23.5 Å². The number of nitrogens with two attached hydrogens (primary N) is 1. The molecule has 0 atom stereocenters. The first-order valence-electron chi connectivity index (χ1n) is 12.9. The second-order valence-corrected chi connectivity index (χ2v) is 12.0. The van der Waals surface area contributed by atoms with Crippen LogP contribution in [0.5, 0.6) is 0 Å². The lowest BCUT2D eigenvalue weighted by atomic mass is 9.53. The van der Waals surface area contributed by atoms with Gasteiger partial charge in [0.05, 0.1) is 11.3 Å². The molecule has 0 radical (unpaired) electrons. The van der Waals surface area contributed by atoms with E-state index in [0.29, 0.717) is 4.90 Å². The van der Waals surface area contributed by atoms with Crippen molar-refractivity contribution in [2.75, 3.05) is 18.1 Å². The molecule has 0 saturated heterocycles. The highest BCUT2D eigenvalue weighted by atomic mass is 32.2. The van der Waals surface area contributed by atoms with Crippen molar-refractivity contribution in [1.82, 2.24) is 14.5 Å². The molecule has 4 fully saturated rings. The SMILES string of the molecule is Cn1c(N)c(C(=O)COC(=O)c2ccccc2SCC(=O)NC23CC4CC(CC(C4)C2)C3)c(=O)n(C)c1=O. The van der Waals surface area contributed by atoms with Crippen LogP contribution in [0.15, 0.2) is 38.8 Å². The molecule has 0 aliphatic heterocycles. The molecule has 11 heteroatoms. The molecule has 1 amide bonds. The van der Waals surface area contributed by atoms with E-state index in [1.807, 2.05) is 0 Å². The Kier molecular flexibility index (Phi) is 6.97. The molecule has 2 aromatic rings. The van der Waals surface area contributed by atoms with Crippen LogP contribution in [0.25, 0.3) is 0 Å². The van der Waals surface area contributed by atoms with Crippen LogP contribution in [0.4, 0.5) is 5.82 Å². The third kappa shape index (κ3) is 4.91. The molecule has 0 unspecified atom stereocenters. The Morgan fingerprint density at radius 2 is 1.63 bits per heavy atom. The number of amides is 1. The average molecular weight is 541 g/mol. The van der Waals surface area contributed by atoms with Crippen molar-refractivity contribution in [3.05, 3.63) is 56.2 Å². The number of aromatic nitrogens is 2. The van der Waals surface area contributed by atoms with Crippen LogP contribution in [-0.4, -0.2) is 44.7 Å². The van der Waals surface area contributed by atoms with E-state index in [9.17, 15) is 24.0 Å². The molecule has 1 aromatic heterocycles. The molecule has 3 N–H and O–H groups in total. The number of carbonyl (C=O) groups excluding carboxylic acids is 3. The van der Waals surface area contributed by atoms with Crippen LogP contribution in [0.1, 0.15) is 59.2 Å². The lowest BCUT2D eigenvalue weighted by Crippen LogP contribution is -2.60. The maximum absolute atomic E-state index is 12.9. The Balaban J connectivity index is 1.21. The predicted molar refractivity (Wildman–Crippen MR) is 142 cm³/mol. The van der Waals surface area contributed by atoms with E-state index in [1.165, 1.54) is 45.1 Å². The predicted octanol–water partition coefficient (Wildman–Crippen LogP) is 1.88. The number of thioether (sulfide) groups is 1. The lowest BCUT2D eigenvalue weighted by Gasteiger charge is -2.56. The van der Waals surface area contributed by atoms with Gasteiger partial charge >= 0.3 is 11.7 Å². The average Bonchev–Trinajstić information content (AvgIpc) is 2.87. The Labute approximate surface area is 223 Å². The van der Waals surface area contributed by atoms with Gasteiger partial charge in [-0.05, 0) is 68.4 Å². The van der Waals surface area contributed by atoms with Gasteiger partial charge in [0.15, 0.2) is 6.61 Å². The van der Waals surface area contributed by atoms with Gasteiger partial charge in [-0.2, -0.15) is 0 Å². The van der Waals surface area contributed by atoms with Crippen molar-refractivity contribution >= 4 is 35.2 Å². The number of hydrogen-bond donors (Lipinski definition) is 2. The first kappa shape index (κ1) is 26.3. The zero-order chi connectivity index (χ0) is 27.2. The van der Waals surface area contributed by atoms with E-state index < -0.39 is 35.2 Å². The summed E-state index contributed by atoms with van der Waals surface area (Å²) in [7, 11) is 2.58. The number of esters is 1. The van der Waals surface area contributed by atoms with Gasteiger partial charge in [-0.25, -0.2) is 9.59 Å². The second-order valence-electron chi connectivity index (χ2n) is 11.0. The fourth-order valence-electron chi connectivity index (χ4n) is 6.90. The molecule has 4 bridgehead atoms. The minimum atomic E-state index is -0.854. The molecule has 4 aliphatic carbocycles. The van der Waals surface area contributed by atoms with Crippen LogP contribution in [0.3, 0.4) is 0 Å². The van der Waals surface area contributed by atoms with Crippen LogP contribution in [0, 0.1) is 17.8 Å². The largest absolute Gasteiger partial charge is 0.454 e. The van der Waals surface area contributed by atoms with Gasteiger partial charge < -0.3 is 15.8 Å². The topological polar surface area (TPSA) is 142 Å². The zero-order valence-electron chi connectivity index (χ0n) is 21.5. The van der Waals surface area contributed by atoms with E-state index in [0.717, 1.165) is 46.2 Å². The van der Waals surface area contributed by atoms with Gasteiger partial charge in [0.2, 0.25) is 11.7 Å². The summed E-state index contributed by atoms with van der Waals surface area (Å²) in [5.41, 5.74) is 4.02. The highest BCUT2D eigenvalue weighted by molar-refractivity contribution is 8.00. The summed E-state index contributed by atoms with van der Waals surface area (Å²) in [6.07, 6.45) is 7.09. The summed E-state index contributed by atoms with van der Waals surface area (Å²) in [5, 5.41) is 3.34. The first-order chi connectivity index (χ1) is 18.1. The summed E-state index contributed by atoms with van der Waals surface area (Å²) in [4.78, 5) is 63.4. The summed E-state index contributed by atoms with van der Waals surface area (Å²) >= 11 is 1.24. The number of anilines is 1. The Bertz CT molecular complexity index is 1390. The van der Waals surface area contributed by atoms with Crippen molar-refractivity contribution in [3.8, 4) is 0 Å². The Hall–Kier alpha value is -3.34. The smallest absolute Gasteiger partial charge is 0.339 e. The van der Waals surface area contributed by atoms with Crippen molar-refractivity contribution in [3.63, 3.8) is 0 Å². The summed E-state index contributed by atoms with van der Waals surface area (Å²) in [6, 6.07) is 6.71. The number of benzene rings is 1. The molecule has 202 valence electrons. The highest BCUT2D eigenvalue weighted by Gasteiger charge is 2.51. The van der Waals surface area contributed by atoms with E-state index in [-0.39, 0.29) is 28.6 Å². The monoisotopic (exact) mass is 540 g/mol. The number of hydrogen-bond acceptors (Lipinski definition) is 8. The third-order valence-corrected chi connectivity index (χ3v) is 9.31. The first-order valence-corrected chi connectivity index (χ1v) is 13.8. The van der Waals surface area contributed by atoms with E-state index >= 15 is 0 Å². The molecule has 1 aromatic carbocycles. The molecule has 1 heterocycles. The molecule has 4 saturated carbocycles. The lowest BCUT2D eigenvalue weighted by molar-refractivity contribution is -0.124. The fraction of sp³-hybridized carbons (Fsp3) is 0.519. The van der Waals surface area contributed by atoms with Gasteiger partial charge in [0, 0.05) is 24.5 Å². The molecule has 10 nitrogen and oxygen atoms in total. The van der Waals surface area contributed by atoms with E-state index in [1.54, 1.807) is 24.3 Å². The highest BCUT2D eigenvalue weighted by Crippen LogP contribution is 2.55. The molecular formula is C27H32N4O6S. The molecule has 0 spiro atoms. The minimum absolute atomic E-state index is 0.0451. The number of ether oxygens (including phenoxy) is 1. The van der Waals surface area contributed by atoms with Gasteiger partial charge in [-0.15, -0.1) is 11.8 Å². The van der Waals surface area contributed by atoms with Crippen molar-refractivity contribution in [2.24, 2.45) is 31.8 Å². The Morgan fingerprint density at radius 3 is 2.26 bits per heavy atom. The van der Waals surface area contributed by atoms with Crippen molar-refractivity contribution in [1.29, 1.82) is 0 Å². The van der Waals surface area contributed by atoms with Crippen LogP contribution in [-0.2, 0) is 23.6 Å². The summed E-state index contributed by atoms with van der Waals surface area (Å²) in [6.45, 7) is -0.720. The maximum Gasteiger partial charge on any atom is 0.339 e. The minimum Gasteiger partial charge on any atom is -0.454 e. The number of Topliss-reactive ketones (excluding diaryl/α,β-unsaturated/α-hetero) is 1. The number of nitrogens with one attached hydrogen (secondary N) is 1.